The minimum atomic E-state index is -1.67. The van der Waals surface area contributed by atoms with Crippen molar-refractivity contribution < 1.29 is 24.2 Å². The van der Waals surface area contributed by atoms with Crippen LogP contribution in [0.4, 0.5) is 4.79 Å². The van der Waals surface area contributed by atoms with Crippen LogP contribution in [0.1, 0.15) is 78.7 Å². The number of ether oxygens (including phenoxy) is 2. The zero-order chi connectivity index (χ0) is 28.8. The van der Waals surface area contributed by atoms with Gasteiger partial charge in [-0.1, -0.05) is 102 Å². The summed E-state index contributed by atoms with van der Waals surface area (Å²) < 4.78 is 11.7. The van der Waals surface area contributed by atoms with E-state index in [4.69, 9.17) is 9.47 Å². The van der Waals surface area contributed by atoms with E-state index < -0.39 is 31.6 Å². The van der Waals surface area contributed by atoms with Gasteiger partial charge in [-0.05, 0) is 44.6 Å². The molecule has 0 saturated heterocycles. The number of carboxylic acid groups (broad SMARTS) is 1. The van der Waals surface area contributed by atoms with Crippen LogP contribution in [0.5, 0.6) is 0 Å². The number of carbonyl (C=O) groups is 2. The van der Waals surface area contributed by atoms with Crippen molar-refractivity contribution in [1.29, 1.82) is 0 Å². The number of nitrogens with one attached hydrogen (secondary N) is 1. The molecule has 6 nitrogen and oxygen atoms in total. The minimum absolute atomic E-state index is 0.0919. The highest BCUT2D eigenvalue weighted by Gasteiger charge is 2.54. The van der Waals surface area contributed by atoms with E-state index in [9.17, 15) is 14.7 Å². The maximum Gasteiger partial charge on any atom is 0.407 e. The van der Waals surface area contributed by atoms with Crippen LogP contribution in [0.2, 0.25) is 19.6 Å². The third-order valence-electron chi connectivity index (χ3n) is 7.80. The molecule has 2 rings (SSSR count). The molecule has 1 fully saturated rings. The summed E-state index contributed by atoms with van der Waals surface area (Å²) in [7, 11) is -1.67. The van der Waals surface area contributed by atoms with E-state index in [0.717, 1.165) is 18.4 Å². The number of alkyl carbamates (subject to hydrolysis) is 1. The summed E-state index contributed by atoms with van der Waals surface area (Å²) in [5.74, 6) is -1.09. The van der Waals surface area contributed by atoms with Crippen LogP contribution in [-0.2, 0) is 20.9 Å². The number of hydrogen-bond acceptors (Lipinski definition) is 4. The minimum Gasteiger partial charge on any atom is -0.481 e. The monoisotopic (exact) mass is 547 g/mol. The van der Waals surface area contributed by atoms with Gasteiger partial charge in [0.1, 0.15) is 0 Å². The third kappa shape index (κ3) is 10.6. The van der Waals surface area contributed by atoms with Crippen molar-refractivity contribution in [3.8, 4) is 0 Å². The summed E-state index contributed by atoms with van der Waals surface area (Å²) >= 11 is 0. The van der Waals surface area contributed by atoms with Gasteiger partial charge in [0.2, 0.25) is 0 Å². The van der Waals surface area contributed by atoms with E-state index >= 15 is 0 Å². The quantitative estimate of drug-likeness (QED) is 0.158. The molecule has 0 radical (unpaired) electrons. The van der Waals surface area contributed by atoms with E-state index in [2.05, 4.69) is 51.0 Å². The Labute approximate surface area is 232 Å². The summed E-state index contributed by atoms with van der Waals surface area (Å²) in [5.41, 5.74) is -0.137. The Morgan fingerprint density at radius 1 is 1.18 bits per heavy atom. The van der Waals surface area contributed by atoms with E-state index in [1.54, 1.807) is 0 Å². The highest BCUT2D eigenvalue weighted by molar-refractivity contribution is 6.77. The van der Waals surface area contributed by atoms with Gasteiger partial charge in [-0.2, -0.15) is 0 Å². The SMILES string of the molecule is CC(C)C1(C(=O)O)CCCC(COCc2ccccc2)C1NC(=O)OC(C)[Si](C)(C)C.CC=CCCCC. The second kappa shape index (κ2) is 16.8. The van der Waals surface area contributed by atoms with Gasteiger partial charge in [-0.15, -0.1) is 0 Å². The zero-order valence-electron chi connectivity index (χ0n) is 25.1. The Morgan fingerprint density at radius 3 is 2.37 bits per heavy atom. The van der Waals surface area contributed by atoms with Crippen molar-refractivity contribution in [3.63, 3.8) is 0 Å². The average molecular weight is 548 g/mol. The van der Waals surface area contributed by atoms with Gasteiger partial charge in [-0.25, -0.2) is 4.79 Å². The van der Waals surface area contributed by atoms with Gasteiger partial charge in [0.15, 0.2) is 0 Å². The number of rotatable bonds is 12. The Kier molecular flexibility index (Phi) is 14.9. The summed E-state index contributed by atoms with van der Waals surface area (Å²) in [6, 6.07) is 9.35. The first kappa shape index (κ1) is 33.9. The number of aliphatic carboxylic acids is 1. The molecule has 1 amide bonds. The van der Waals surface area contributed by atoms with E-state index in [0.29, 0.717) is 19.6 Å². The lowest BCUT2D eigenvalue weighted by Crippen LogP contribution is -2.61. The molecule has 1 aliphatic rings. The number of allylic oxidation sites excluding steroid dienone is 2. The van der Waals surface area contributed by atoms with Crippen molar-refractivity contribution in [2.24, 2.45) is 17.3 Å². The number of amides is 1. The number of unbranched alkanes of at least 4 members (excludes halogenated alkanes) is 2. The number of carboxylic acids is 1. The topological polar surface area (TPSA) is 84.9 Å². The lowest BCUT2D eigenvalue weighted by Gasteiger charge is -2.47. The van der Waals surface area contributed by atoms with Crippen molar-refractivity contribution in [3.05, 3.63) is 48.0 Å². The Morgan fingerprint density at radius 2 is 1.84 bits per heavy atom. The normalized spacial score (nSPS) is 22.4. The lowest BCUT2D eigenvalue weighted by atomic mass is 9.60. The lowest BCUT2D eigenvalue weighted by molar-refractivity contribution is -0.159. The van der Waals surface area contributed by atoms with Crippen LogP contribution in [0.15, 0.2) is 42.5 Å². The fourth-order valence-corrected chi connectivity index (χ4v) is 5.31. The van der Waals surface area contributed by atoms with Crippen molar-refractivity contribution in [2.45, 2.75) is 111 Å². The predicted molar refractivity (Wildman–Crippen MR) is 159 cm³/mol. The molecule has 0 bridgehead atoms. The number of hydrogen-bond donors (Lipinski definition) is 2. The largest absolute Gasteiger partial charge is 0.481 e. The van der Waals surface area contributed by atoms with Crippen molar-refractivity contribution >= 4 is 20.1 Å². The highest BCUT2D eigenvalue weighted by Crippen LogP contribution is 2.45. The molecule has 1 saturated carbocycles. The fraction of sp³-hybridized carbons (Fsp3) is 0.677. The van der Waals surface area contributed by atoms with Gasteiger partial charge < -0.3 is 19.9 Å². The number of benzene rings is 1. The van der Waals surface area contributed by atoms with E-state index in [-0.39, 0.29) is 17.6 Å². The van der Waals surface area contributed by atoms with Crippen molar-refractivity contribution in [2.75, 3.05) is 6.61 Å². The van der Waals surface area contributed by atoms with Gasteiger partial charge in [-0.3, -0.25) is 4.79 Å². The second-order valence-corrected chi connectivity index (χ2v) is 17.4. The van der Waals surface area contributed by atoms with Gasteiger partial charge in [0.05, 0.1) is 38.5 Å². The Balaban J connectivity index is 0.000000905. The van der Waals surface area contributed by atoms with E-state index in [1.807, 2.05) is 51.1 Å². The van der Waals surface area contributed by atoms with Crippen LogP contribution >= 0.6 is 0 Å². The first-order valence-corrected chi connectivity index (χ1v) is 17.9. The molecule has 7 heteroatoms. The average Bonchev–Trinajstić information content (AvgIpc) is 2.85. The standard InChI is InChI=1S/C24H39NO5Si.C7H14/c1-17(2)24(22(26)27)14-10-13-20(16-29-15-19-11-8-7-9-12-19)21(24)25-23(28)30-18(3)31(4,5)6;1-3-5-7-6-4-2/h7-9,11-12,17-18,20-21H,10,13-16H2,1-6H3,(H,25,28)(H,26,27);3,5H,4,6-7H2,1-2H3. The van der Waals surface area contributed by atoms with Crippen LogP contribution in [0.25, 0.3) is 0 Å². The molecular formula is C31H53NO5Si. The molecule has 4 atom stereocenters. The molecule has 0 aliphatic heterocycles. The summed E-state index contributed by atoms with van der Waals surface area (Å²) in [6.45, 7) is 17.3. The molecule has 1 aromatic carbocycles. The van der Waals surface area contributed by atoms with Gasteiger partial charge in [0.25, 0.3) is 0 Å². The second-order valence-electron chi connectivity index (χ2n) is 11.9. The van der Waals surface area contributed by atoms with Crippen LogP contribution < -0.4 is 5.32 Å². The molecule has 2 N–H and O–H groups in total. The van der Waals surface area contributed by atoms with Crippen LogP contribution in [-0.4, -0.2) is 43.6 Å². The van der Waals surface area contributed by atoms with Crippen molar-refractivity contribution in [1.82, 2.24) is 5.32 Å². The molecule has 0 aromatic heterocycles. The van der Waals surface area contributed by atoms with Crippen LogP contribution in [0, 0.1) is 17.3 Å². The maximum atomic E-state index is 12.8. The van der Waals surface area contributed by atoms with E-state index in [1.165, 1.54) is 19.3 Å². The van der Waals surface area contributed by atoms with Gasteiger partial charge in [0, 0.05) is 5.92 Å². The summed E-state index contributed by atoms with van der Waals surface area (Å²) in [6.07, 6.45) is 9.83. The molecule has 38 heavy (non-hydrogen) atoms. The molecular weight excluding hydrogens is 494 g/mol. The molecule has 1 aromatic rings. The Bertz CT molecular complexity index is 852. The van der Waals surface area contributed by atoms with Crippen LogP contribution in [0.3, 0.4) is 0 Å². The maximum absolute atomic E-state index is 12.8. The fourth-order valence-electron chi connectivity index (χ4n) is 4.85. The Hall–Kier alpha value is -2.12. The predicted octanol–water partition coefficient (Wildman–Crippen LogP) is 7.84. The zero-order valence-corrected chi connectivity index (χ0v) is 26.1. The molecule has 1 aliphatic carbocycles. The third-order valence-corrected chi connectivity index (χ3v) is 10.4. The van der Waals surface area contributed by atoms with Gasteiger partial charge >= 0.3 is 12.1 Å². The summed E-state index contributed by atoms with van der Waals surface area (Å²) in [4.78, 5) is 25.3. The first-order chi connectivity index (χ1) is 17.9. The summed E-state index contributed by atoms with van der Waals surface area (Å²) in [5, 5.41) is 13.2. The first-order valence-electron chi connectivity index (χ1n) is 14.3. The molecule has 216 valence electrons. The number of carbonyl (C=O) groups excluding carboxylic acids is 1. The highest BCUT2D eigenvalue weighted by atomic mass is 28.3. The smallest absolute Gasteiger partial charge is 0.407 e. The molecule has 0 heterocycles. The molecule has 4 unspecified atom stereocenters. The molecule has 0 spiro atoms.